The lowest BCUT2D eigenvalue weighted by Gasteiger charge is -2.05. The molecule has 19 heavy (non-hydrogen) atoms. The molecule has 0 rings (SSSR count). The van der Waals surface area contributed by atoms with Gasteiger partial charge in [-0.25, -0.2) is 0 Å². The minimum absolute atomic E-state index is 0.575. The summed E-state index contributed by atoms with van der Waals surface area (Å²) in [5.41, 5.74) is 0. The summed E-state index contributed by atoms with van der Waals surface area (Å²) >= 11 is 5.92. The van der Waals surface area contributed by atoms with Crippen molar-refractivity contribution in [2.75, 3.05) is 6.61 Å². The van der Waals surface area contributed by atoms with Gasteiger partial charge in [0.05, 0.1) is 6.61 Å². The summed E-state index contributed by atoms with van der Waals surface area (Å²) < 4.78 is 13.6. The van der Waals surface area contributed by atoms with E-state index in [0.29, 0.717) is 6.61 Å². The fourth-order valence-corrected chi connectivity index (χ4v) is 3.32. The highest BCUT2D eigenvalue weighted by Crippen LogP contribution is 2.62. The molecule has 0 N–H and O–H groups in total. The quantitative estimate of drug-likeness (QED) is 0.214. The molecule has 0 amide bonds. The maximum Gasteiger partial charge on any atom is 0.328 e. The number of hydrogen-bond acceptors (Lipinski definition) is 2. The van der Waals surface area contributed by atoms with Crippen LogP contribution in [-0.2, 0) is 9.09 Å². The number of unbranched alkanes of at least 4 members (excludes halogenated alkanes) is 11. The molecule has 0 atom stereocenters. The van der Waals surface area contributed by atoms with E-state index in [2.05, 4.69) is 37.9 Å². The Morgan fingerprint density at radius 2 is 1.11 bits per heavy atom. The minimum Gasteiger partial charge on any atom is -0.313 e. The lowest BCUT2D eigenvalue weighted by molar-refractivity contribution is 0.323. The van der Waals surface area contributed by atoms with Crippen LogP contribution in [0.3, 0.4) is 0 Å². The Kier molecular flexibility index (Phi) is 15.0. The van der Waals surface area contributed by atoms with Crippen molar-refractivity contribution in [1.82, 2.24) is 0 Å². The number of halogens is 2. The molecule has 0 aliphatic carbocycles. The van der Waals surface area contributed by atoms with E-state index >= 15 is 0 Å². The van der Waals surface area contributed by atoms with Crippen LogP contribution in [0.25, 0.3) is 0 Å². The highest BCUT2D eigenvalue weighted by Gasteiger charge is 2.11. The van der Waals surface area contributed by atoms with E-state index in [1.54, 1.807) is 0 Å². The van der Waals surface area contributed by atoms with E-state index < -0.39 is 4.77 Å². The van der Waals surface area contributed by atoms with Crippen LogP contribution in [0.15, 0.2) is 0 Å². The molecule has 0 aromatic heterocycles. The van der Waals surface area contributed by atoms with Crippen LogP contribution in [0.2, 0.25) is 0 Å². The van der Waals surface area contributed by atoms with Gasteiger partial charge in [-0.3, -0.25) is 4.57 Å². The van der Waals surface area contributed by atoms with E-state index in [1.165, 1.54) is 70.6 Å². The van der Waals surface area contributed by atoms with Gasteiger partial charge < -0.3 is 4.52 Å². The highest BCUT2D eigenvalue weighted by molar-refractivity contribution is 9.70. The van der Waals surface area contributed by atoms with Crippen LogP contribution in [0, 0.1) is 0 Å². The van der Waals surface area contributed by atoms with Crippen molar-refractivity contribution >= 4 is 35.8 Å². The van der Waals surface area contributed by atoms with Gasteiger partial charge in [0, 0.05) is 31.0 Å². The second-order valence-electron chi connectivity index (χ2n) is 5.14. The fourth-order valence-electron chi connectivity index (χ4n) is 2.11. The zero-order valence-corrected chi connectivity index (χ0v) is 16.3. The molecule has 116 valence electrons. The van der Waals surface area contributed by atoms with Gasteiger partial charge in [-0.15, -0.1) is 0 Å². The first-order valence-corrected chi connectivity index (χ1v) is 13.4. The van der Waals surface area contributed by atoms with Crippen molar-refractivity contribution in [3.63, 3.8) is 0 Å². The molecule has 0 saturated carbocycles. The van der Waals surface area contributed by atoms with Gasteiger partial charge in [0.2, 0.25) is 0 Å². The van der Waals surface area contributed by atoms with Crippen LogP contribution < -0.4 is 0 Å². The zero-order valence-electron chi connectivity index (χ0n) is 12.2. The fraction of sp³-hybridized carbons (Fsp3) is 1.00. The molecule has 0 aromatic rings. The first-order valence-electron chi connectivity index (χ1n) is 7.70. The molecule has 0 aliphatic rings. The molecule has 2 nitrogen and oxygen atoms in total. The molecule has 0 bridgehead atoms. The highest BCUT2D eigenvalue weighted by atomic mass is 79.9. The third kappa shape index (κ3) is 19.1. The van der Waals surface area contributed by atoms with Crippen molar-refractivity contribution in [3.05, 3.63) is 0 Å². The molecular formula is C14H29Br2O2P. The largest absolute Gasteiger partial charge is 0.328 e. The average Bonchev–Trinajstić information content (AvgIpc) is 2.34. The Balaban J connectivity index is 3.01. The summed E-state index contributed by atoms with van der Waals surface area (Å²) in [7, 11) is 0. The maximum absolute atomic E-state index is 11.1. The van der Waals surface area contributed by atoms with E-state index in [9.17, 15) is 4.57 Å². The summed E-state index contributed by atoms with van der Waals surface area (Å²) in [5.74, 6) is 0. The molecule has 0 heterocycles. The Morgan fingerprint density at radius 3 is 1.47 bits per heavy atom. The number of rotatable bonds is 14. The second kappa shape index (κ2) is 14.1. The Morgan fingerprint density at radius 1 is 0.737 bits per heavy atom. The molecule has 0 radical (unpaired) electrons. The summed E-state index contributed by atoms with van der Waals surface area (Å²) in [6.07, 6.45) is 15.9. The van der Waals surface area contributed by atoms with Crippen molar-refractivity contribution in [2.45, 2.75) is 84.0 Å². The van der Waals surface area contributed by atoms with E-state index in [-0.39, 0.29) is 0 Å². The van der Waals surface area contributed by atoms with Crippen molar-refractivity contribution < 1.29 is 9.09 Å². The first-order chi connectivity index (χ1) is 9.06. The van der Waals surface area contributed by atoms with Crippen LogP contribution >= 0.6 is 35.8 Å². The molecule has 5 heteroatoms. The minimum atomic E-state index is -2.62. The van der Waals surface area contributed by atoms with Crippen molar-refractivity contribution in [3.8, 4) is 0 Å². The second-order valence-corrected chi connectivity index (χ2v) is 14.7. The van der Waals surface area contributed by atoms with Gasteiger partial charge in [0.25, 0.3) is 0 Å². The predicted molar refractivity (Wildman–Crippen MR) is 92.5 cm³/mol. The van der Waals surface area contributed by atoms with Gasteiger partial charge in [-0.1, -0.05) is 77.6 Å². The van der Waals surface area contributed by atoms with E-state index in [4.69, 9.17) is 4.52 Å². The summed E-state index contributed by atoms with van der Waals surface area (Å²) in [6, 6.07) is 0. The first kappa shape index (κ1) is 20.1. The van der Waals surface area contributed by atoms with Gasteiger partial charge in [-0.2, -0.15) is 0 Å². The molecule has 0 unspecified atom stereocenters. The summed E-state index contributed by atoms with van der Waals surface area (Å²) in [6.45, 7) is 2.84. The lowest BCUT2D eigenvalue weighted by atomic mass is 10.1. The average molecular weight is 420 g/mol. The number of hydrogen-bond donors (Lipinski definition) is 0. The molecule has 0 saturated heterocycles. The van der Waals surface area contributed by atoms with Gasteiger partial charge in [0.15, 0.2) is 0 Å². The Bertz CT molecular complexity index is 231. The SMILES string of the molecule is CCCCCCCCCCCCCCOP(=O)(Br)Br. The molecule has 0 spiro atoms. The van der Waals surface area contributed by atoms with Gasteiger partial charge >= 0.3 is 4.77 Å². The molecule has 0 aromatic carbocycles. The summed E-state index contributed by atoms with van der Waals surface area (Å²) in [4.78, 5) is 0. The third-order valence-corrected chi connectivity index (χ3v) is 4.95. The smallest absolute Gasteiger partial charge is 0.313 e. The standard InChI is InChI=1S/C14H29Br2O2P/c1-2-3-4-5-6-7-8-9-10-11-12-13-14-18-19(15,16)17/h2-14H2,1H3. The van der Waals surface area contributed by atoms with Crippen LogP contribution in [0.1, 0.15) is 84.0 Å². The van der Waals surface area contributed by atoms with Gasteiger partial charge in [0.1, 0.15) is 0 Å². The predicted octanol–water partition coefficient (Wildman–Crippen LogP) is 7.60. The zero-order chi connectivity index (χ0) is 14.4. The molecule has 0 fully saturated rings. The monoisotopic (exact) mass is 418 g/mol. The van der Waals surface area contributed by atoms with Crippen LogP contribution in [0.5, 0.6) is 0 Å². The van der Waals surface area contributed by atoms with Crippen molar-refractivity contribution in [1.29, 1.82) is 0 Å². The van der Waals surface area contributed by atoms with E-state index in [0.717, 1.165) is 6.42 Å². The Hall–Kier alpha value is 1.15. The van der Waals surface area contributed by atoms with Crippen LogP contribution in [-0.4, -0.2) is 6.61 Å². The van der Waals surface area contributed by atoms with Crippen LogP contribution in [0.4, 0.5) is 0 Å². The van der Waals surface area contributed by atoms with Gasteiger partial charge in [-0.05, 0) is 6.42 Å². The third-order valence-electron chi connectivity index (χ3n) is 3.24. The normalized spacial score (nSPS) is 11.9. The molecule has 0 aliphatic heterocycles. The molecular weight excluding hydrogens is 391 g/mol. The van der Waals surface area contributed by atoms with Crippen molar-refractivity contribution in [2.24, 2.45) is 0 Å². The van der Waals surface area contributed by atoms with E-state index in [1.807, 2.05) is 0 Å². The lowest BCUT2D eigenvalue weighted by Crippen LogP contribution is -1.88. The summed E-state index contributed by atoms with van der Waals surface area (Å²) in [5, 5.41) is 0. The maximum atomic E-state index is 11.1. The topological polar surface area (TPSA) is 26.3 Å². The Labute approximate surface area is 135 Å².